The number of methoxy groups -OCH3 is 1. The molecule has 1 unspecified atom stereocenters. The quantitative estimate of drug-likeness (QED) is 0.693. The Morgan fingerprint density at radius 2 is 2.21 bits per heavy atom. The van der Waals surface area contributed by atoms with E-state index >= 15 is 0 Å². The number of thiophene rings is 1. The smallest absolute Gasteiger partial charge is 0.222 e. The number of aryl methyl sites for hydroxylation is 1. The molecule has 0 saturated heterocycles. The molecular formula is C21H24N4O2S. The number of ether oxygens (including phenoxy) is 1. The predicted octanol–water partition coefficient (Wildman–Crippen LogP) is 3.26. The van der Waals surface area contributed by atoms with E-state index in [0.717, 1.165) is 29.0 Å². The Bertz CT molecular complexity index is 987. The molecular weight excluding hydrogens is 372 g/mol. The monoisotopic (exact) mass is 396 g/mol. The van der Waals surface area contributed by atoms with Crippen molar-refractivity contribution in [2.24, 2.45) is 0 Å². The number of carbonyl (C=O) groups excluding carboxylic acids is 1. The number of aromatic nitrogens is 2. The van der Waals surface area contributed by atoms with Crippen LogP contribution < -0.4 is 10.2 Å². The maximum Gasteiger partial charge on any atom is 0.222 e. The van der Waals surface area contributed by atoms with Gasteiger partial charge in [0.2, 0.25) is 5.91 Å². The first-order valence-electron chi connectivity index (χ1n) is 9.48. The largest absolute Gasteiger partial charge is 0.384 e. The second-order valence-corrected chi connectivity index (χ2v) is 7.86. The minimum Gasteiger partial charge on any atom is -0.384 e. The molecule has 1 atom stereocenters. The average molecular weight is 397 g/mol. The lowest BCUT2D eigenvalue weighted by atomic mass is 9.92. The molecule has 3 heterocycles. The molecule has 4 rings (SSSR count). The predicted molar refractivity (Wildman–Crippen MR) is 112 cm³/mol. The van der Waals surface area contributed by atoms with Crippen molar-refractivity contribution in [3.63, 3.8) is 0 Å². The molecule has 2 aromatic heterocycles. The van der Waals surface area contributed by atoms with Gasteiger partial charge in [-0.15, -0.1) is 11.3 Å². The molecule has 1 aliphatic rings. The number of fused-ring (bicyclic) bond motifs is 2. The topological polar surface area (TPSA) is 67.3 Å². The molecule has 0 saturated carbocycles. The fourth-order valence-electron chi connectivity index (χ4n) is 3.83. The lowest BCUT2D eigenvalue weighted by molar-refractivity contribution is -0.122. The molecule has 3 aromatic rings. The third-order valence-corrected chi connectivity index (χ3v) is 6.25. The molecule has 0 aliphatic carbocycles. The van der Waals surface area contributed by atoms with Gasteiger partial charge in [-0.2, -0.15) is 0 Å². The van der Waals surface area contributed by atoms with E-state index in [-0.39, 0.29) is 11.9 Å². The van der Waals surface area contributed by atoms with Gasteiger partial charge in [0.25, 0.3) is 0 Å². The van der Waals surface area contributed by atoms with Crippen LogP contribution in [0.15, 0.2) is 36.0 Å². The number of nitrogens with zero attached hydrogens (tertiary/aromatic N) is 3. The Morgan fingerprint density at radius 3 is 3.07 bits per heavy atom. The normalized spacial score (nSPS) is 16.2. The summed E-state index contributed by atoms with van der Waals surface area (Å²) in [6.45, 7) is 3.92. The molecule has 0 fully saturated rings. The van der Waals surface area contributed by atoms with Crippen LogP contribution in [0.4, 0.5) is 5.82 Å². The van der Waals surface area contributed by atoms with Gasteiger partial charge < -0.3 is 15.0 Å². The van der Waals surface area contributed by atoms with Gasteiger partial charge in [0.15, 0.2) is 0 Å². The molecule has 1 amide bonds. The highest BCUT2D eigenvalue weighted by Crippen LogP contribution is 2.37. The zero-order valence-corrected chi connectivity index (χ0v) is 17.0. The first kappa shape index (κ1) is 18.8. The first-order valence-corrected chi connectivity index (χ1v) is 10.4. The number of benzene rings is 1. The van der Waals surface area contributed by atoms with Gasteiger partial charge >= 0.3 is 0 Å². The molecule has 1 aromatic carbocycles. The molecule has 1 N–H and O–H groups in total. The highest BCUT2D eigenvalue weighted by Gasteiger charge is 2.30. The maximum absolute atomic E-state index is 12.2. The molecule has 146 valence electrons. The Morgan fingerprint density at radius 1 is 1.36 bits per heavy atom. The van der Waals surface area contributed by atoms with Crippen molar-refractivity contribution in [1.82, 2.24) is 15.3 Å². The number of amides is 1. The first-order chi connectivity index (χ1) is 13.7. The van der Waals surface area contributed by atoms with Crippen molar-refractivity contribution in [3.8, 4) is 0 Å². The van der Waals surface area contributed by atoms with Crippen LogP contribution in [-0.2, 0) is 16.0 Å². The van der Waals surface area contributed by atoms with Crippen molar-refractivity contribution >= 4 is 33.3 Å². The lowest BCUT2D eigenvalue weighted by Crippen LogP contribution is -2.43. The number of anilines is 1. The summed E-state index contributed by atoms with van der Waals surface area (Å²) in [4.78, 5) is 24.6. The molecule has 6 nitrogen and oxygen atoms in total. The molecule has 28 heavy (non-hydrogen) atoms. The van der Waals surface area contributed by atoms with Crippen molar-refractivity contribution in [1.29, 1.82) is 0 Å². The molecule has 0 spiro atoms. The summed E-state index contributed by atoms with van der Waals surface area (Å²) in [7, 11) is 1.61. The zero-order valence-electron chi connectivity index (χ0n) is 16.1. The van der Waals surface area contributed by atoms with Crippen LogP contribution in [0.5, 0.6) is 0 Å². The SMILES string of the molecule is COCCC(=O)NCC1c2ccccc2CCN1c1ncnc2scc(C)c12. The lowest BCUT2D eigenvalue weighted by Gasteiger charge is -2.38. The third kappa shape index (κ3) is 3.59. The van der Waals surface area contributed by atoms with Gasteiger partial charge in [0.05, 0.1) is 18.0 Å². The van der Waals surface area contributed by atoms with E-state index in [1.54, 1.807) is 24.8 Å². The Kier molecular flexibility index (Phi) is 5.54. The van der Waals surface area contributed by atoms with Gasteiger partial charge in [-0.05, 0) is 35.4 Å². The van der Waals surface area contributed by atoms with Crippen molar-refractivity contribution in [2.75, 3.05) is 31.7 Å². The van der Waals surface area contributed by atoms with Crippen molar-refractivity contribution in [3.05, 3.63) is 52.7 Å². The number of rotatable bonds is 6. The van der Waals surface area contributed by atoms with E-state index in [2.05, 4.69) is 56.8 Å². The van der Waals surface area contributed by atoms with E-state index < -0.39 is 0 Å². The van der Waals surface area contributed by atoms with Gasteiger partial charge in [-0.25, -0.2) is 9.97 Å². The summed E-state index contributed by atoms with van der Waals surface area (Å²) in [6.07, 6.45) is 2.97. The number of hydrogen-bond acceptors (Lipinski definition) is 6. The van der Waals surface area contributed by atoms with Crippen LogP contribution in [-0.4, -0.2) is 42.7 Å². The zero-order chi connectivity index (χ0) is 19.5. The maximum atomic E-state index is 12.2. The van der Waals surface area contributed by atoms with Gasteiger partial charge in [0, 0.05) is 26.6 Å². The Labute approximate surface area is 168 Å². The number of nitrogens with one attached hydrogen (secondary N) is 1. The van der Waals surface area contributed by atoms with Crippen LogP contribution in [0, 0.1) is 6.92 Å². The summed E-state index contributed by atoms with van der Waals surface area (Å²) in [6, 6.07) is 8.51. The standard InChI is InChI=1S/C21H24N4O2S/c1-14-12-28-21-19(14)20(23-13-24-21)25-9-7-15-5-3-4-6-16(15)17(25)11-22-18(26)8-10-27-2/h3-6,12-13,17H,7-11H2,1-2H3,(H,22,26). The highest BCUT2D eigenvalue weighted by molar-refractivity contribution is 7.17. The highest BCUT2D eigenvalue weighted by atomic mass is 32.1. The van der Waals surface area contributed by atoms with Gasteiger partial charge in [0.1, 0.15) is 17.0 Å². The fraction of sp³-hybridized carbons (Fsp3) is 0.381. The van der Waals surface area contributed by atoms with E-state index in [4.69, 9.17) is 4.74 Å². The third-order valence-electron chi connectivity index (χ3n) is 5.24. The minimum atomic E-state index is 0.00408. The molecule has 1 aliphatic heterocycles. The van der Waals surface area contributed by atoms with Gasteiger partial charge in [-0.1, -0.05) is 24.3 Å². The Balaban J connectivity index is 1.69. The van der Waals surface area contributed by atoms with Crippen LogP contribution in [0.1, 0.15) is 29.2 Å². The average Bonchev–Trinajstić information content (AvgIpc) is 3.11. The minimum absolute atomic E-state index is 0.00408. The van der Waals surface area contributed by atoms with Crippen molar-refractivity contribution in [2.45, 2.75) is 25.8 Å². The van der Waals surface area contributed by atoms with Crippen LogP contribution in [0.3, 0.4) is 0 Å². The second kappa shape index (κ2) is 8.24. The second-order valence-electron chi connectivity index (χ2n) is 7.00. The number of carbonyl (C=O) groups is 1. The molecule has 7 heteroatoms. The Hall–Kier alpha value is -2.51. The summed E-state index contributed by atoms with van der Waals surface area (Å²) in [5.41, 5.74) is 3.78. The van der Waals surface area contributed by atoms with Crippen LogP contribution >= 0.6 is 11.3 Å². The molecule has 0 radical (unpaired) electrons. The van der Waals surface area contributed by atoms with E-state index in [1.807, 2.05) is 0 Å². The number of hydrogen-bond donors (Lipinski definition) is 1. The summed E-state index contributed by atoms with van der Waals surface area (Å²) < 4.78 is 5.02. The summed E-state index contributed by atoms with van der Waals surface area (Å²) in [5.74, 6) is 0.957. The fourth-order valence-corrected chi connectivity index (χ4v) is 4.72. The van der Waals surface area contributed by atoms with Gasteiger partial charge in [-0.3, -0.25) is 4.79 Å². The summed E-state index contributed by atoms with van der Waals surface area (Å²) >= 11 is 1.64. The summed E-state index contributed by atoms with van der Waals surface area (Å²) in [5, 5.41) is 6.32. The van der Waals surface area contributed by atoms with E-state index in [1.165, 1.54) is 16.7 Å². The molecule has 0 bridgehead atoms. The van der Waals surface area contributed by atoms with Crippen LogP contribution in [0.25, 0.3) is 10.2 Å². The van der Waals surface area contributed by atoms with E-state index in [9.17, 15) is 4.79 Å². The van der Waals surface area contributed by atoms with Crippen LogP contribution in [0.2, 0.25) is 0 Å². The van der Waals surface area contributed by atoms with Crippen molar-refractivity contribution < 1.29 is 9.53 Å². The van der Waals surface area contributed by atoms with E-state index in [0.29, 0.717) is 19.6 Å².